The van der Waals surface area contributed by atoms with Crippen molar-refractivity contribution in [1.29, 1.82) is 0 Å². The second-order valence-corrected chi connectivity index (χ2v) is 9.37. The fourth-order valence-electron chi connectivity index (χ4n) is 3.76. The highest BCUT2D eigenvalue weighted by atomic mass is 31.1. The molecule has 3 heteroatoms. The van der Waals surface area contributed by atoms with Crippen LogP contribution in [0.25, 0.3) is 0 Å². The molecular weight excluding hydrogens is 339 g/mol. The Morgan fingerprint density at radius 2 is 1.81 bits per heavy atom. The fraction of sp³-hybridized carbons (Fsp3) is 0.435. The molecule has 0 radical (unpaired) electrons. The quantitative estimate of drug-likeness (QED) is 0.452. The van der Waals surface area contributed by atoms with Crippen LogP contribution in [-0.4, -0.2) is 12.9 Å². The molecule has 0 saturated carbocycles. The largest absolute Gasteiger partial charge is 0.496 e. The minimum atomic E-state index is -0.0592. The number of aryl methyl sites for hydroxylation is 3. The Kier molecular flexibility index (Phi) is 6.64. The van der Waals surface area contributed by atoms with Gasteiger partial charge in [0.1, 0.15) is 5.75 Å². The monoisotopic (exact) mass is 370 g/mol. The van der Waals surface area contributed by atoms with Gasteiger partial charge in [0.2, 0.25) is 0 Å². The average Bonchev–Trinajstić information content (AvgIpc) is 2.56. The number of methoxy groups -OCH3 is 1. The summed E-state index contributed by atoms with van der Waals surface area (Å²) in [5.41, 5.74) is 5.66. The van der Waals surface area contributed by atoms with E-state index >= 15 is 0 Å². The minimum Gasteiger partial charge on any atom is -0.496 e. The predicted octanol–water partition coefficient (Wildman–Crippen LogP) is 5.84. The predicted molar refractivity (Wildman–Crippen MR) is 114 cm³/mol. The Bertz CT molecular complexity index is 810. The Balaban J connectivity index is 2.61. The molecule has 0 N–H and O–H groups in total. The summed E-state index contributed by atoms with van der Waals surface area (Å²) >= 11 is 0. The normalized spacial score (nSPS) is 13.8. The first-order chi connectivity index (χ1) is 12.2. The van der Waals surface area contributed by atoms with Crippen molar-refractivity contribution in [1.82, 2.24) is 0 Å². The topological polar surface area (TPSA) is 26.3 Å². The lowest BCUT2D eigenvalue weighted by molar-refractivity contribution is 0.101. The molecule has 2 aromatic carbocycles. The molecule has 2 aromatic rings. The van der Waals surface area contributed by atoms with E-state index in [2.05, 4.69) is 52.0 Å². The van der Waals surface area contributed by atoms with Gasteiger partial charge < -0.3 is 4.74 Å². The first-order valence-corrected chi connectivity index (χ1v) is 10.3. The van der Waals surface area contributed by atoms with Crippen LogP contribution < -0.4 is 10.0 Å². The van der Waals surface area contributed by atoms with Crippen molar-refractivity contribution in [3.05, 3.63) is 58.1 Å². The highest BCUT2D eigenvalue weighted by Gasteiger charge is 2.31. The van der Waals surface area contributed by atoms with Crippen LogP contribution in [0.5, 0.6) is 5.75 Å². The highest BCUT2D eigenvalue weighted by Crippen LogP contribution is 2.49. The number of ketones is 1. The summed E-state index contributed by atoms with van der Waals surface area (Å²) in [5, 5.41) is 1.09. The zero-order valence-electron chi connectivity index (χ0n) is 17.1. The summed E-state index contributed by atoms with van der Waals surface area (Å²) < 4.78 is 5.80. The maximum Gasteiger partial charge on any atom is 0.160 e. The van der Waals surface area contributed by atoms with Crippen molar-refractivity contribution in [2.45, 2.75) is 59.5 Å². The maximum absolute atomic E-state index is 12.2. The van der Waals surface area contributed by atoms with Gasteiger partial charge in [0.05, 0.1) is 7.11 Å². The summed E-state index contributed by atoms with van der Waals surface area (Å²) in [6, 6.07) is 10.7. The molecule has 0 aliphatic heterocycles. The fourth-order valence-corrected chi connectivity index (χ4v) is 5.59. The molecule has 0 fully saturated rings. The minimum absolute atomic E-state index is 0.0592. The zero-order valence-corrected chi connectivity index (χ0v) is 18.1. The third-order valence-corrected chi connectivity index (χ3v) is 6.71. The molecular formula is C23H31O2P. The molecule has 0 bridgehead atoms. The molecule has 2 unspecified atom stereocenters. The van der Waals surface area contributed by atoms with E-state index in [0.29, 0.717) is 8.58 Å². The first kappa shape index (κ1) is 20.6. The Morgan fingerprint density at radius 3 is 2.38 bits per heavy atom. The van der Waals surface area contributed by atoms with Crippen molar-refractivity contribution in [2.24, 2.45) is 0 Å². The second kappa shape index (κ2) is 8.35. The molecule has 2 rings (SSSR count). The van der Waals surface area contributed by atoms with Gasteiger partial charge >= 0.3 is 0 Å². The number of carbonyl (C=O) groups is 1. The van der Waals surface area contributed by atoms with Crippen LogP contribution in [0, 0.1) is 20.8 Å². The third kappa shape index (κ3) is 4.35. The summed E-state index contributed by atoms with van der Waals surface area (Å²) in [7, 11) is 2.27. The lowest BCUT2D eigenvalue weighted by Crippen LogP contribution is -2.23. The molecule has 0 heterocycles. The lowest BCUT2D eigenvalue weighted by Gasteiger charge is -2.33. The van der Waals surface area contributed by atoms with Crippen LogP contribution in [0.15, 0.2) is 30.3 Å². The van der Waals surface area contributed by atoms with Gasteiger partial charge in [-0.05, 0) is 51.1 Å². The van der Waals surface area contributed by atoms with Gasteiger partial charge in [-0.1, -0.05) is 64.2 Å². The Hall–Kier alpha value is -1.66. The van der Waals surface area contributed by atoms with Gasteiger partial charge in [-0.3, -0.25) is 4.79 Å². The van der Waals surface area contributed by atoms with E-state index in [1.807, 2.05) is 13.0 Å². The number of ether oxygens (including phenoxy) is 1. The number of carbonyl (C=O) groups excluding carboxylic acids is 1. The van der Waals surface area contributed by atoms with Crippen molar-refractivity contribution < 1.29 is 9.53 Å². The molecule has 0 spiro atoms. The third-order valence-electron chi connectivity index (χ3n) is 4.93. The van der Waals surface area contributed by atoms with Gasteiger partial charge in [0.15, 0.2) is 5.78 Å². The average molecular weight is 370 g/mol. The molecule has 26 heavy (non-hydrogen) atoms. The van der Waals surface area contributed by atoms with Crippen LogP contribution in [-0.2, 0) is 5.16 Å². The maximum atomic E-state index is 12.2. The van der Waals surface area contributed by atoms with Crippen LogP contribution in [0.3, 0.4) is 0 Å². The SMILES string of the molecule is CCCC(C)(Pc1ccc(C)cc1C(C)=O)c1cc(C)cc(C)c1OC. The number of Topliss-reactive ketones (excluding diaryl/α,β-unsaturated/α-hetero) is 1. The Labute approximate surface area is 160 Å². The first-order valence-electron chi connectivity index (χ1n) is 9.27. The van der Waals surface area contributed by atoms with E-state index in [4.69, 9.17) is 4.74 Å². The van der Waals surface area contributed by atoms with Gasteiger partial charge in [-0.2, -0.15) is 0 Å². The van der Waals surface area contributed by atoms with E-state index in [9.17, 15) is 4.79 Å². The molecule has 2 nitrogen and oxygen atoms in total. The van der Waals surface area contributed by atoms with Crippen molar-refractivity contribution in [3.8, 4) is 5.75 Å². The van der Waals surface area contributed by atoms with E-state index in [-0.39, 0.29) is 10.9 Å². The van der Waals surface area contributed by atoms with Crippen molar-refractivity contribution >= 4 is 19.7 Å². The summed E-state index contributed by atoms with van der Waals surface area (Å²) in [5.74, 6) is 1.12. The second-order valence-electron chi connectivity index (χ2n) is 7.47. The summed E-state index contributed by atoms with van der Waals surface area (Å²) in [6.07, 6.45) is 2.14. The molecule has 0 aromatic heterocycles. The van der Waals surface area contributed by atoms with E-state index < -0.39 is 0 Å². The van der Waals surface area contributed by atoms with Gasteiger partial charge in [-0.25, -0.2) is 0 Å². The molecule has 0 saturated heterocycles. The highest BCUT2D eigenvalue weighted by molar-refractivity contribution is 7.48. The summed E-state index contributed by atoms with van der Waals surface area (Å²) in [6.45, 7) is 12.5. The molecule has 140 valence electrons. The number of benzene rings is 2. The van der Waals surface area contributed by atoms with Gasteiger partial charge in [0, 0.05) is 16.3 Å². The van der Waals surface area contributed by atoms with Crippen molar-refractivity contribution in [2.75, 3.05) is 7.11 Å². The molecule has 0 amide bonds. The van der Waals surface area contributed by atoms with Gasteiger partial charge in [-0.15, -0.1) is 0 Å². The Morgan fingerprint density at radius 1 is 1.12 bits per heavy atom. The molecule has 2 atom stereocenters. The number of hydrogen-bond donors (Lipinski definition) is 0. The van der Waals surface area contributed by atoms with Crippen LogP contribution >= 0.6 is 8.58 Å². The number of rotatable bonds is 7. The lowest BCUT2D eigenvalue weighted by atomic mass is 9.91. The smallest absolute Gasteiger partial charge is 0.160 e. The standard InChI is InChI=1S/C23H31O2P/c1-8-11-23(6,20-14-16(3)12-17(4)22(20)25-7)26-21-10-9-15(2)13-19(21)18(5)24/h9-10,12-14,26H,8,11H2,1-7H3. The van der Waals surface area contributed by atoms with Crippen LogP contribution in [0.1, 0.15) is 66.2 Å². The van der Waals surface area contributed by atoms with Crippen LogP contribution in [0.2, 0.25) is 0 Å². The van der Waals surface area contributed by atoms with E-state index in [1.54, 1.807) is 14.0 Å². The van der Waals surface area contributed by atoms with E-state index in [1.165, 1.54) is 16.7 Å². The van der Waals surface area contributed by atoms with Crippen LogP contribution in [0.4, 0.5) is 0 Å². The molecule has 0 aliphatic rings. The van der Waals surface area contributed by atoms with E-state index in [0.717, 1.165) is 35.0 Å². The molecule has 0 aliphatic carbocycles. The zero-order chi connectivity index (χ0) is 19.5. The number of hydrogen-bond acceptors (Lipinski definition) is 2. The van der Waals surface area contributed by atoms with Crippen molar-refractivity contribution in [3.63, 3.8) is 0 Å². The van der Waals surface area contributed by atoms with Gasteiger partial charge in [0.25, 0.3) is 0 Å². The summed E-state index contributed by atoms with van der Waals surface area (Å²) in [4.78, 5) is 12.2.